The number of hydrogen-bond donors (Lipinski definition) is 1. The third kappa shape index (κ3) is 4.87. The molecule has 4 rings (SSSR count). The summed E-state index contributed by atoms with van der Waals surface area (Å²) in [4.78, 5) is 23.6. The summed E-state index contributed by atoms with van der Waals surface area (Å²) in [6.45, 7) is 0.639. The first-order valence-corrected chi connectivity index (χ1v) is 10.4. The van der Waals surface area contributed by atoms with Crippen LogP contribution < -0.4 is 5.73 Å². The van der Waals surface area contributed by atoms with Crippen molar-refractivity contribution < 1.29 is 13.6 Å². The minimum atomic E-state index is -0.322. The second kappa shape index (κ2) is 9.20. The minimum absolute atomic E-state index is 0.0243. The lowest BCUT2D eigenvalue weighted by Crippen LogP contribution is -2.39. The van der Waals surface area contributed by atoms with Gasteiger partial charge < -0.3 is 10.6 Å². The maximum absolute atomic E-state index is 13.4. The molecule has 1 aliphatic heterocycles. The Labute approximate surface area is 179 Å². The maximum atomic E-state index is 13.4. The molecule has 0 spiro atoms. The fourth-order valence-corrected chi connectivity index (χ4v) is 4.08. The highest BCUT2D eigenvalue weighted by molar-refractivity contribution is 5.78. The molecule has 0 radical (unpaired) electrons. The third-order valence-corrected chi connectivity index (χ3v) is 5.67. The van der Waals surface area contributed by atoms with Gasteiger partial charge in [-0.3, -0.25) is 4.79 Å². The summed E-state index contributed by atoms with van der Waals surface area (Å²) in [6.07, 6.45) is 5.17. The molecule has 1 amide bonds. The van der Waals surface area contributed by atoms with Gasteiger partial charge in [0.15, 0.2) is 0 Å². The molecule has 2 N–H and O–H groups in total. The van der Waals surface area contributed by atoms with Crippen LogP contribution >= 0.6 is 0 Å². The van der Waals surface area contributed by atoms with E-state index in [0.29, 0.717) is 25.1 Å². The van der Waals surface area contributed by atoms with Gasteiger partial charge in [-0.1, -0.05) is 24.3 Å². The standard InChI is InChI=1S/C24H24F2N4O/c25-18-9-4-16(5-10-18)6-13-22(31)30-14-2-1-3-21(30)23-20(15-28-24(27)29-23)17-7-11-19(26)12-8-17/h4-5,7-12,15,21H,1-3,6,13-14H2,(H2,27,28,29)/t21-/m0/s1. The molecule has 1 saturated heterocycles. The molecule has 2 heterocycles. The van der Waals surface area contributed by atoms with Gasteiger partial charge in [-0.25, -0.2) is 18.7 Å². The van der Waals surface area contributed by atoms with Gasteiger partial charge in [0.1, 0.15) is 11.6 Å². The van der Waals surface area contributed by atoms with Crippen LogP contribution in [0.4, 0.5) is 14.7 Å². The van der Waals surface area contributed by atoms with Crippen LogP contribution in [0, 0.1) is 11.6 Å². The monoisotopic (exact) mass is 422 g/mol. The molecule has 1 aliphatic rings. The number of nitrogen functional groups attached to an aromatic ring is 1. The zero-order valence-electron chi connectivity index (χ0n) is 17.1. The van der Waals surface area contributed by atoms with Crippen LogP contribution in [0.25, 0.3) is 11.1 Å². The fraction of sp³-hybridized carbons (Fsp3) is 0.292. The first kappa shape index (κ1) is 20.9. The predicted octanol–water partition coefficient (Wildman–Crippen LogP) is 4.69. The van der Waals surface area contributed by atoms with Gasteiger partial charge in [-0.15, -0.1) is 0 Å². The van der Waals surface area contributed by atoms with Gasteiger partial charge in [0.2, 0.25) is 11.9 Å². The fourth-order valence-electron chi connectivity index (χ4n) is 4.08. The lowest BCUT2D eigenvalue weighted by Gasteiger charge is -2.36. The zero-order valence-corrected chi connectivity index (χ0v) is 17.1. The van der Waals surface area contributed by atoms with Gasteiger partial charge >= 0.3 is 0 Å². The van der Waals surface area contributed by atoms with Gasteiger partial charge in [-0.05, 0) is 61.1 Å². The average Bonchev–Trinajstić information content (AvgIpc) is 2.79. The molecule has 1 aromatic heterocycles. The predicted molar refractivity (Wildman–Crippen MR) is 115 cm³/mol. The smallest absolute Gasteiger partial charge is 0.223 e. The topological polar surface area (TPSA) is 72.1 Å². The van der Waals surface area contributed by atoms with Crippen LogP contribution in [-0.4, -0.2) is 27.3 Å². The Morgan fingerprint density at radius 1 is 1.03 bits per heavy atom. The number of carbonyl (C=O) groups excluding carboxylic acids is 1. The van der Waals surface area contributed by atoms with Crippen molar-refractivity contribution in [3.8, 4) is 11.1 Å². The van der Waals surface area contributed by atoms with E-state index in [2.05, 4.69) is 9.97 Å². The normalized spacial score (nSPS) is 16.3. The number of nitrogens with zero attached hydrogens (tertiary/aromatic N) is 3. The van der Waals surface area contributed by atoms with Crippen molar-refractivity contribution in [2.24, 2.45) is 0 Å². The number of rotatable bonds is 5. The van der Waals surface area contributed by atoms with Gasteiger partial charge in [0.05, 0.1) is 11.7 Å². The van der Waals surface area contributed by atoms with Crippen LogP contribution in [-0.2, 0) is 11.2 Å². The first-order valence-electron chi connectivity index (χ1n) is 10.4. The van der Waals surface area contributed by atoms with Crippen molar-refractivity contribution in [1.29, 1.82) is 0 Å². The summed E-state index contributed by atoms with van der Waals surface area (Å²) in [5, 5.41) is 0. The third-order valence-electron chi connectivity index (χ3n) is 5.67. The number of hydrogen-bond acceptors (Lipinski definition) is 4. The summed E-state index contributed by atoms with van der Waals surface area (Å²) in [5.74, 6) is -0.445. The van der Waals surface area contributed by atoms with E-state index < -0.39 is 0 Å². The van der Waals surface area contributed by atoms with E-state index >= 15 is 0 Å². The van der Waals surface area contributed by atoms with Crippen molar-refractivity contribution >= 4 is 11.9 Å². The Hall–Kier alpha value is -3.35. The van der Waals surface area contributed by atoms with E-state index in [9.17, 15) is 13.6 Å². The Balaban J connectivity index is 1.59. The molecule has 0 aliphatic carbocycles. The molecule has 1 fully saturated rings. The van der Waals surface area contributed by atoms with E-state index in [1.54, 1.807) is 30.5 Å². The second-order valence-corrected chi connectivity index (χ2v) is 7.76. The summed E-state index contributed by atoms with van der Waals surface area (Å²) >= 11 is 0. The number of nitrogens with two attached hydrogens (primary N) is 1. The van der Waals surface area contributed by atoms with Crippen molar-refractivity contribution in [1.82, 2.24) is 14.9 Å². The average molecular weight is 422 g/mol. The van der Waals surface area contributed by atoms with Gasteiger partial charge in [0, 0.05) is 24.7 Å². The van der Waals surface area contributed by atoms with E-state index in [4.69, 9.17) is 5.73 Å². The van der Waals surface area contributed by atoms with Crippen LogP contribution in [0.1, 0.15) is 43.0 Å². The quantitative estimate of drug-likeness (QED) is 0.647. The molecule has 0 bridgehead atoms. The first-order chi connectivity index (χ1) is 15.0. The molecule has 3 aromatic rings. The molecular weight excluding hydrogens is 398 g/mol. The van der Waals surface area contributed by atoms with Crippen LogP contribution in [0.15, 0.2) is 54.7 Å². The van der Waals surface area contributed by atoms with Crippen molar-refractivity contribution in [2.75, 3.05) is 12.3 Å². The highest BCUT2D eigenvalue weighted by Gasteiger charge is 2.31. The number of benzene rings is 2. The second-order valence-electron chi connectivity index (χ2n) is 7.76. The minimum Gasteiger partial charge on any atom is -0.368 e. The molecule has 0 unspecified atom stereocenters. The number of likely N-dealkylation sites (tertiary alicyclic amines) is 1. The molecular formula is C24H24F2N4O. The number of anilines is 1. The van der Waals surface area contributed by atoms with Crippen molar-refractivity contribution in [3.05, 3.63) is 77.6 Å². The van der Waals surface area contributed by atoms with Crippen LogP contribution in [0.3, 0.4) is 0 Å². The van der Waals surface area contributed by atoms with E-state index in [1.165, 1.54) is 24.3 Å². The van der Waals surface area contributed by atoms with Gasteiger partial charge in [-0.2, -0.15) is 0 Å². The van der Waals surface area contributed by atoms with Crippen molar-refractivity contribution in [3.63, 3.8) is 0 Å². The summed E-state index contributed by atoms with van der Waals surface area (Å²) in [6, 6.07) is 12.1. The number of halogens is 2. The maximum Gasteiger partial charge on any atom is 0.223 e. The molecule has 1 atom stereocenters. The molecule has 160 valence electrons. The number of carbonyl (C=O) groups is 1. The van der Waals surface area contributed by atoms with E-state index in [-0.39, 0.29) is 29.5 Å². The number of piperidine rings is 1. The molecule has 2 aromatic carbocycles. The molecule has 31 heavy (non-hydrogen) atoms. The number of aromatic nitrogens is 2. The van der Waals surface area contributed by atoms with E-state index in [0.717, 1.165) is 36.0 Å². The Kier molecular flexibility index (Phi) is 6.21. The lowest BCUT2D eigenvalue weighted by atomic mass is 9.93. The van der Waals surface area contributed by atoms with E-state index in [1.807, 2.05) is 4.90 Å². The molecule has 0 saturated carbocycles. The summed E-state index contributed by atoms with van der Waals surface area (Å²) in [5.41, 5.74) is 9.02. The van der Waals surface area contributed by atoms with Crippen LogP contribution in [0.5, 0.6) is 0 Å². The van der Waals surface area contributed by atoms with Crippen LogP contribution in [0.2, 0.25) is 0 Å². The van der Waals surface area contributed by atoms with Gasteiger partial charge in [0.25, 0.3) is 0 Å². The molecule has 7 heteroatoms. The largest absolute Gasteiger partial charge is 0.368 e. The Bertz CT molecular complexity index is 1050. The zero-order chi connectivity index (χ0) is 21.8. The summed E-state index contributed by atoms with van der Waals surface area (Å²) < 4.78 is 26.5. The summed E-state index contributed by atoms with van der Waals surface area (Å²) in [7, 11) is 0. The lowest BCUT2D eigenvalue weighted by molar-refractivity contribution is -0.135. The SMILES string of the molecule is Nc1ncc(-c2ccc(F)cc2)c([C@@H]2CCCCN2C(=O)CCc2ccc(F)cc2)n1. The highest BCUT2D eigenvalue weighted by atomic mass is 19.1. The Morgan fingerprint density at radius 2 is 1.71 bits per heavy atom. The molecule has 5 nitrogen and oxygen atoms in total. The number of aryl methyl sites for hydroxylation is 1. The Morgan fingerprint density at radius 3 is 2.42 bits per heavy atom. The van der Waals surface area contributed by atoms with Crippen molar-refractivity contribution in [2.45, 2.75) is 38.1 Å². The number of amides is 1. The highest BCUT2D eigenvalue weighted by Crippen LogP contribution is 2.36.